The van der Waals surface area contributed by atoms with Crippen LogP contribution in [0.1, 0.15) is 17.8 Å². The molecule has 0 atom stereocenters. The van der Waals surface area contributed by atoms with E-state index in [9.17, 15) is 9.59 Å². The molecule has 28 heavy (non-hydrogen) atoms. The van der Waals surface area contributed by atoms with Crippen molar-refractivity contribution in [1.82, 2.24) is 19.7 Å². The van der Waals surface area contributed by atoms with E-state index in [-0.39, 0.29) is 24.6 Å². The van der Waals surface area contributed by atoms with Gasteiger partial charge in [-0.25, -0.2) is 9.67 Å². The number of rotatable bonds is 6. The zero-order valence-corrected chi connectivity index (χ0v) is 15.0. The van der Waals surface area contributed by atoms with E-state index in [0.717, 1.165) is 11.3 Å². The minimum atomic E-state index is -0.341. The number of carbonyl (C=O) groups is 1. The predicted molar refractivity (Wildman–Crippen MR) is 104 cm³/mol. The molecule has 0 amide bonds. The van der Waals surface area contributed by atoms with Gasteiger partial charge < -0.3 is 9.72 Å². The lowest BCUT2D eigenvalue weighted by Gasteiger charge is -2.07. The first kappa shape index (κ1) is 17.7. The first-order valence-electron chi connectivity index (χ1n) is 8.91. The summed E-state index contributed by atoms with van der Waals surface area (Å²) < 4.78 is 7.07. The first-order valence-corrected chi connectivity index (χ1v) is 8.91. The number of hydrogen-bond donors (Lipinski definition) is 1. The second-order valence-electron chi connectivity index (χ2n) is 6.31. The van der Waals surface area contributed by atoms with E-state index >= 15 is 0 Å². The summed E-state index contributed by atoms with van der Waals surface area (Å²) in [4.78, 5) is 31.2. The summed E-state index contributed by atoms with van der Waals surface area (Å²) in [7, 11) is 0. The molecule has 140 valence electrons. The standard InChI is InChI=1S/C21H18N4O3/c26-20(11-10-19-23-18-5-2-1-4-17(18)21(27)24-19)28-14-15-6-8-16(9-7-15)25-13-3-12-22-25/h1-9,12-13H,10-11,14H2,(H,23,24,27). The Kier molecular flexibility index (Phi) is 4.97. The number of aromatic amines is 1. The Morgan fingerprint density at radius 2 is 1.89 bits per heavy atom. The van der Waals surface area contributed by atoms with Crippen LogP contribution in [0.2, 0.25) is 0 Å². The van der Waals surface area contributed by atoms with Crippen molar-refractivity contribution in [2.75, 3.05) is 0 Å². The Morgan fingerprint density at radius 1 is 1.07 bits per heavy atom. The number of hydrogen-bond acceptors (Lipinski definition) is 5. The van der Waals surface area contributed by atoms with Gasteiger partial charge in [-0.3, -0.25) is 9.59 Å². The number of carbonyl (C=O) groups excluding carboxylic acids is 1. The molecule has 1 N–H and O–H groups in total. The minimum Gasteiger partial charge on any atom is -0.461 e. The van der Waals surface area contributed by atoms with Crippen molar-refractivity contribution < 1.29 is 9.53 Å². The zero-order valence-electron chi connectivity index (χ0n) is 15.0. The SMILES string of the molecule is O=C(CCc1nc2ccccc2c(=O)[nH]1)OCc1ccc(-n2cccn2)cc1. The van der Waals surface area contributed by atoms with Crippen LogP contribution in [-0.2, 0) is 22.6 Å². The molecule has 0 aliphatic carbocycles. The topological polar surface area (TPSA) is 89.9 Å². The van der Waals surface area contributed by atoms with E-state index in [1.54, 1.807) is 29.1 Å². The Bertz CT molecular complexity index is 1150. The Hall–Kier alpha value is -3.74. The highest BCUT2D eigenvalue weighted by Crippen LogP contribution is 2.11. The van der Waals surface area contributed by atoms with Gasteiger partial charge in [0.05, 0.1) is 23.0 Å². The number of nitrogens with one attached hydrogen (secondary N) is 1. The highest BCUT2D eigenvalue weighted by atomic mass is 16.5. The largest absolute Gasteiger partial charge is 0.461 e. The Balaban J connectivity index is 1.32. The Labute approximate surface area is 160 Å². The maximum Gasteiger partial charge on any atom is 0.306 e. The molecule has 0 radical (unpaired) electrons. The highest BCUT2D eigenvalue weighted by molar-refractivity contribution is 5.77. The summed E-state index contributed by atoms with van der Waals surface area (Å²) in [6.45, 7) is 0.194. The van der Waals surface area contributed by atoms with Crippen LogP contribution in [0.15, 0.2) is 71.8 Å². The lowest BCUT2D eigenvalue weighted by molar-refractivity contribution is -0.144. The number of H-pyrrole nitrogens is 1. The third-order valence-corrected chi connectivity index (χ3v) is 4.33. The second-order valence-corrected chi connectivity index (χ2v) is 6.31. The van der Waals surface area contributed by atoms with Crippen molar-refractivity contribution >= 4 is 16.9 Å². The molecule has 0 bridgehead atoms. The molecule has 0 aliphatic rings. The molecule has 2 aromatic heterocycles. The molecule has 0 aliphatic heterocycles. The lowest BCUT2D eigenvalue weighted by atomic mass is 10.2. The molecular formula is C21H18N4O3. The van der Waals surface area contributed by atoms with Gasteiger partial charge in [-0.1, -0.05) is 24.3 Å². The quantitative estimate of drug-likeness (QED) is 0.524. The molecule has 0 saturated heterocycles. The van der Waals surface area contributed by atoms with Crippen molar-refractivity contribution in [3.8, 4) is 5.69 Å². The van der Waals surface area contributed by atoms with Crippen molar-refractivity contribution in [2.24, 2.45) is 0 Å². The van der Waals surface area contributed by atoms with Crippen LogP contribution in [0, 0.1) is 0 Å². The third-order valence-electron chi connectivity index (χ3n) is 4.33. The minimum absolute atomic E-state index is 0.145. The van der Waals surface area contributed by atoms with E-state index in [4.69, 9.17) is 4.74 Å². The van der Waals surface area contributed by atoms with Gasteiger partial charge in [0.1, 0.15) is 12.4 Å². The summed E-state index contributed by atoms with van der Waals surface area (Å²) in [6.07, 6.45) is 4.04. The number of benzene rings is 2. The van der Waals surface area contributed by atoms with Crippen LogP contribution in [0.3, 0.4) is 0 Å². The maximum absolute atomic E-state index is 12.0. The highest BCUT2D eigenvalue weighted by Gasteiger charge is 2.08. The molecule has 7 nitrogen and oxygen atoms in total. The lowest BCUT2D eigenvalue weighted by Crippen LogP contribution is -2.14. The van der Waals surface area contributed by atoms with Gasteiger partial charge in [0.15, 0.2) is 0 Å². The van der Waals surface area contributed by atoms with Crippen LogP contribution in [0.5, 0.6) is 0 Å². The van der Waals surface area contributed by atoms with Crippen LogP contribution in [-0.4, -0.2) is 25.7 Å². The summed E-state index contributed by atoms with van der Waals surface area (Å²) in [6, 6.07) is 16.6. The molecule has 7 heteroatoms. The van der Waals surface area contributed by atoms with Crippen molar-refractivity contribution in [3.05, 3.63) is 88.7 Å². The molecule has 2 aromatic carbocycles. The number of aryl methyl sites for hydroxylation is 1. The molecule has 0 saturated carbocycles. The number of para-hydroxylation sites is 1. The monoisotopic (exact) mass is 374 g/mol. The summed E-state index contributed by atoms with van der Waals surface area (Å²) in [5.41, 5.74) is 2.24. The van der Waals surface area contributed by atoms with Crippen LogP contribution < -0.4 is 5.56 Å². The number of ether oxygens (including phenoxy) is 1. The molecule has 0 unspecified atom stereocenters. The molecular weight excluding hydrogens is 356 g/mol. The van der Waals surface area contributed by atoms with E-state index in [2.05, 4.69) is 15.1 Å². The van der Waals surface area contributed by atoms with Crippen LogP contribution >= 0.6 is 0 Å². The van der Waals surface area contributed by atoms with Gasteiger partial charge in [-0.15, -0.1) is 0 Å². The maximum atomic E-state index is 12.0. The number of esters is 1. The van der Waals surface area contributed by atoms with Crippen molar-refractivity contribution in [1.29, 1.82) is 0 Å². The number of aromatic nitrogens is 4. The van der Waals surface area contributed by atoms with Gasteiger partial charge in [-0.2, -0.15) is 5.10 Å². The van der Waals surface area contributed by atoms with E-state index in [0.29, 0.717) is 23.1 Å². The Morgan fingerprint density at radius 3 is 2.68 bits per heavy atom. The first-order chi connectivity index (χ1) is 13.7. The van der Waals surface area contributed by atoms with Gasteiger partial charge in [0, 0.05) is 18.8 Å². The fourth-order valence-corrected chi connectivity index (χ4v) is 2.88. The van der Waals surface area contributed by atoms with E-state index in [1.807, 2.05) is 42.6 Å². The van der Waals surface area contributed by atoms with E-state index in [1.165, 1.54) is 0 Å². The third kappa shape index (κ3) is 3.98. The fraction of sp³-hybridized carbons (Fsp3) is 0.143. The summed E-state index contributed by atoms with van der Waals surface area (Å²) in [5.74, 6) is 0.135. The van der Waals surface area contributed by atoms with Crippen molar-refractivity contribution in [2.45, 2.75) is 19.4 Å². The van der Waals surface area contributed by atoms with Crippen molar-refractivity contribution in [3.63, 3.8) is 0 Å². The van der Waals surface area contributed by atoms with Gasteiger partial charge in [0.25, 0.3) is 5.56 Å². The average molecular weight is 374 g/mol. The zero-order chi connectivity index (χ0) is 19.3. The summed E-state index contributed by atoms with van der Waals surface area (Å²) in [5, 5.41) is 4.70. The van der Waals surface area contributed by atoms with Crippen LogP contribution in [0.25, 0.3) is 16.6 Å². The predicted octanol–water partition coefficient (Wildman–Crippen LogP) is 2.78. The van der Waals surface area contributed by atoms with Gasteiger partial charge >= 0.3 is 5.97 Å². The molecule has 2 heterocycles. The molecule has 4 rings (SSSR count). The fourth-order valence-electron chi connectivity index (χ4n) is 2.88. The average Bonchev–Trinajstić information content (AvgIpc) is 3.26. The second kappa shape index (κ2) is 7.87. The smallest absolute Gasteiger partial charge is 0.306 e. The number of nitrogens with zero attached hydrogens (tertiary/aromatic N) is 3. The summed E-state index contributed by atoms with van der Waals surface area (Å²) >= 11 is 0. The van der Waals surface area contributed by atoms with Gasteiger partial charge in [-0.05, 0) is 35.9 Å². The van der Waals surface area contributed by atoms with E-state index < -0.39 is 0 Å². The normalized spacial score (nSPS) is 10.9. The molecule has 0 fully saturated rings. The molecule has 4 aromatic rings. The van der Waals surface area contributed by atoms with Gasteiger partial charge in [0.2, 0.25) is 0 Å². The number of fused-ring (bicyclic) bond motifs is 1. The molecule has 0 spiro atoms. The van der Waals surface area contributed by atoms with Crippen LogP contribution in [0.4, 0.5) is 0 Å².